The maximum atomic E-state index is 12.8. The summed E-state index contributed by atoms with van der Waals surface area (Å²) in [6.07, 6.45) is -3.30. The van der Waals surface area contributed by atoms with Crippen molar-refractivity contribution in [1.29, 1.82) is 5.26 Å². The molecule has 146 valence electrons. The first kappa shape index (κ1) is 20.0. The first-order chi connectivity index (χ1) is 13.8. The van der Waals surface area contributed by atoms with Crippen LogP contribution >= 0.6 is 0 Å². The number of benzene rings is 2. The Kier molecular flexibility index (Phi) is 5.55. The number of hydrogen-bond donors (Lipinski definition) is 1. The van der Waals surface area contributed by atoms with Gasteiger partial charge in [-0.3, -0.25) is 4.79 Å². The molecule has 3 rings (SSSR count). The molecular formula is C22H15F3N2O2. The number of hydrogen-bond acceptors (Lipinski definition) is 3. The summed E-state index contributed by atoms with van der Waals surface area (Å²) in [4.78, 5) is 12.3. The first-order valence-electron chi connectivity index (χ1n) is 8.53. The molecule has 0 aliphatic rings. The second kappa shape index (κ2) is 8.07. The molecule has 1 amide bonds. The highest BCUT2D eigenvalue weighted by Gasteiger charge is 2.30. The highest BCUT2D eigenvalue weighted by molar-refractivity contribution is 6.09. The molecule has 0 radical (unpaired) electrons. The Morgan fingerprint density at radius 1 is 1.10 bits per heavy atom. The van der Waals surface area contributed by atoms with Crippen LogP contribution in [0.4, 0.5) is 18.9 Å². The van der Waals surface area contributed by atoms with Crippen molar-refractivity contribution in [3.8, 4) is 17.4 Å². The van der Waals surface area contributed by atoms with Crippen LogP contribution in [-0.4, -0.2) is 5.91 Å². The SMILES string of the molecule is Cc1ccc(-c2ccc(/C=C(\C#N)C(=O)Nc3cccc(C(F)(F)F)c3)o2)cc1. The normalized spacial score (nSPS) is 11.8. The van der Waals surface area contributed by atoms with E-state index in [0.717, 1.165) is 23.3 Å². The highest BCUT2D eigenvalue weighted by Crippen LogP contribution is 2.31. The number of halogens is 3. The van der Waals surface area contributed by atoms with Crippen LogP contribution in [0.25, 0.3) is 17.4 Å². The summed E-state index contributed by atoms with van der Waals surface area (Å²) in [6.45, 7) is 1.96. The maximum absolute atomic E-state index is 12.8. The van der Waals surface area contributed by atoms with Crippen molar-refractivity contribution in [1.82, 2.24) is 0 Å². The Hall–Kier alpha value is -3.79. The molecule has 0 spiro atoms. The Morgan fingerprint density at radius 3 is 2.48 bits per heavy atom. The molecule has 7 heteroatoms. The Balaban J connectivity index is 1.79. The molecule has 0 fully saturated rings. The number of alkyl halides is 3. The van der Waals surface area contributed by atoms with E-state index in [1.54, 1.807) is 18.2 Å². The summed E-state index contributed by atoms with van der Waals surface area (Å²) in [7, 11) is 0. The van der Waals surface area contributed by atoms with Gasteiger partial charge >= 0.3 is 6.18 Å². The predicted octanol–water partition coefficient (Wildman–Crippen LogP) is 5.82. The molecule has 1 heterocycles. The smallest absolute Gasteiger partial charge is 0.416 e. The third-order valence-corrected chi connectivity index (χ3v) is 4.06. The van der Waals surface area contributed by atoms with Gasteiger partial charge in [0.2, 0.25) is 0 Å². The van der Waals surface area contributed by atoms with Crippen molar-refractivity contribution in [3.05, 3.63) is 83.1 Å². The van der Waals surface area contributed by atoms with Gasteiger partial charge in [-0.2, -0.15) is 18.4 Å². The molecule has 4 nitrogen and oxygen atoms in total. The average molecular weight is 396 g/mol. The van der Waals surface area contributed by atoms with Crippen LogP contribution in [0.3, 0.4) is 0 Å². The van der Waals surface area contributed by atoms with Crippen molar-refractivity contribution in [2.75, 3.05) is 5.32 Å². The van der Waals surface area contributed by atoms with Crippen molar-refractivity contribution in [2.24, 2.45) is 0 Å². The quantitative estimate of drug-likeness (QED) is 0.446. The van der Waals surface area contributed by atoms with E-state index in [1.165, 1.54) is 18.2 Å². The maximum Gasteiger partial charge on any atom is 0.416 e. The van der Waals surface area contributed by atoms with Crippen molar-refractivity contribution >= 4 is 17.7 Å². The van der Waals surface area contributed by atoms with E-state index < -0.39 is 17.6 Å². The van der Waals surface area contributed by atoms with Gasteiger partial charge in [0.25, 0.3) is 5.91 Å². The second-order valence-electron chi connectivity index (χ2n) is 6.27. The molecule has 0 unspecified atom stereocenters. The molecule has 2 aromatic carbocycles. The number of nitrogens with one attached hydrogen (secondary N) is 1. The molecule has 0 aliphatic heterocycles. The van der Waals surface area contributed by atoms with E-state index in [4.69, 9.17) is 4.42 Å². The van der Waals surface area contributed by atoms with E-state index >= 15 is 0 Å². The van der Waals surface area contributed by atoms with E-state index in [-0.39, 0.29) is 17.0 Å². The van der Waals surface area contributed by atoms with Crippen molar-refractivity contribution < 1.29 is 22.4 Å². The molecule has 1 aromatic heterocycles. The summed E-state index contributed by atoms with van der Waals surface area (Å²) in [5.74, 6) is 0.00301. The van der Waals surface area contributed by atoms with Crippen LogP contribution < -0.4 is 5.32 Å². The average Bonchev–Trinajstić information content (AvgIpc) is 3.14. The number of rotatable bonds is 4. The Labute approximate surface area is 164 Å². The summed E-state index contributed by atoms with van der Waals surface area (Å²) >= 11 is 0. The molecule has 0 bridgehead atoms. The van der Waals surface area contributed by atoms with Crippen LogP contribution in [0.1, 0.15) is 16.9 Å². The van der Waals surface area contributed by atoms with Gasteiger partial charge in [-0.05, 0) is 37.3 Å². The van der Waals surface area contributed by atoms with Gasteiger partial charge in [-0.1, -0.05) is 35.9 Å². The molecule has 0 saturated heterocycles. The zero-order valence-electron chi connectivity index (χ0n) is 15.2. The summed E-state index contributed by atoms with van der Waals surface area (Å²) in [6, 6.07) is 16.8. The molecule has 1 N–H and O–H groups in total. The van der Waals surface area contributed by atoms with Crippen molar-refractivity contribution in [2.45, 2.75) is 13.1 Å². The minimum atomic E-state index is -4.53. The van der Waals surface area contributed by atoms with Crippen LogP contribution in [0.15, 0.2) is 70.7 Å². The molecule has 0 saturated carbocycles. The number of carbonyl (C=O) groups is 1. The van der Waals surface area contributed by atoms with Gasteiger partial charge < -0.3 is 9.73 Å². The molecule has 3 aromatic rings. The predicted molar refractivity (Wildman–Crippen MR) is 103 cm³/mol. The number of carbonyl (C=O) groups excluding carboxylic acids is 1. The van der Waals surface area contributed by atoms with Gasteiger partial charge in [-0.25, -0.2) is 0 Å². The zero-order valence-corrected chi connectivity index (χ0v) is 15.2. The third-order valence-electron chi connectivity index (χ3n) is 4.06. The van der Waals surface area contributed by atoms with Gasteiger partial charge in [0.1, 0.15) is 23.2 Å². The number of amides is 1. The first-order valence-corrected chi connectivity index (χ1v) is 8.53. The van der Waals surface area contributed by atoms with Gasteiger partial charge in [0, 0.05) is 17.3 Å². The van der Waals surface area contributed by atoms with Crippen LogP contribution in [0.2, 0.25) is 0 Å². The lowest BCUT2D eigenvalue weighted by Crippen LogP contribution is -2.14. The standard InChI is InChI=1S/C22H15F3N2O2/c1-14-5-7-15(8-6-14)20-10-9-19(29-20)11-16(13-26)21(28)27-18-4-2-3-17(12-18)22(23,24)25/h2-12H,1H3,(H,27,28)/b16-11+. The number of furan rings is 1. The number of anilines is 1. The van der Waals surface area contributed by atoms with Crippen LogP contribution in [0.5, 0.6) is 0 Å². The molecule has 0 aliphatic carbocycles. The largest absolute Gasteiger partial charge is 0.457 e. The number of nitriles is 1. The van der Waals surface area contributed by atoms with Gasteiger partial charge in [0.15, 0.2) is 0 Å². The number of nitrogens with zero attached hydrogens (tertiary/aromatic N) is 1. The number of aryl methyl sites for hydroxylation is 1. The summed E-state index contributed by atoms with van der Waals surface area (Å²) < 4.78 is 44.0. The van der Waals surface area contributed by atoms with Crippen LogP contribution in [-0.2, 0) is 11.0 Å². The minimum Gasteiger partial charge on any atom is -0.457 e. The Bertz CT molecular complexity index is 1100. The lowest BCUT2D eigenvalue weighted by Gasteiger charge is -2.09. The summed E-state index contributed by atoms with van der Waals surface area (Å²) in [5.41, 5.74) is 0.671. The fourth-order valence-corrected chi connectivity index (χ4v) is 2.57. The van der Waals surface area contributed by atoms with E-state index in [1.807, 2.05) is 31.2 Å². The lowest BCUT2D eigenvalue weighted by molar-refractivity contribution is -0.137. The summed E-state index contributed by atoms with van der Waals surface area (Å²) in [5, 5.41) is 11.6. The molecular weight excluding hydrogens is 381 g/mol. The zero-order chi connectivity index (χ0) is 21.0. The van der Waals surface area contributed by atoms with E-state index in [0.29, 0.717) is 5.76 Å². The topological polar surface area (TPSA) is 66.0 Å². The third kappa shape index (κ3) is 4.93. The fourth-order valence-electron chi connectivity index (χ4n) is 2.57. The molecule has 29 heavy (non-hydrogen) atoms. The fraction of sp³-hybridized carbons (Fsp3) is 0.0909. The van der Waals surface area contributed by atoms with Crippen LogP contribution in [0, 0.1) is 18.3 Å². The van der Waals surface area contributed by atoms with E-state index in [9.17, 15) is 23.2 Å². The van der Waals surface area contributed by atoms with Gasteiger partial charge in [-0.15, -0.1) is 0 Å². The Morgan fingerprint density at radius 2 is 1.83 bits per heavy atom. The van der Waals surface area contributed by atoms with E-state index in [2.05, 4.69) is 5.32 Å². The van der Waals surface area contributed by atoms with Crippen molar-refractivity contribution in [3.63, 3.8) is 0 Å². The van der Waals surface area contributed by atoms with Gasteiger partial charge in [0.05, 0.1) is 5.56 Å². The minimum absolute atomic E-state index is 0.0641. The molecule has 0 atom stereocenters. The highest BCUT2D eigenvalue weighted by atomic mass is 19.4. The second-order valence-corrected chi connectivity index (χ2v) is 6.27. The lowest BCUT2D eigenvalue weighted by atomic mass is 10.1. The monoisotopic (exact) mass is 396 g/mol.